The number of rotatable bonds is 6. The number of halogens is 1. The van der Waals surface area contributed by atoms with Crippen molar-refractivity contribution in [2.24, 2.45) is 0 Å². The van der Waals surface area contributed by atoms with Gasteiger partial charge in [0, 0.05) is 18.5 Å². The van der Waals surface area contributed by atoms with Crippen molar-refractivity contribution in [2.45, 2.75) is 19.4 Å². The monoisotopic (exact) mass is 341 g/mol. The van der Waals surface area contributed by atoms with Crippen molar-refractivity contribution < 1.29 is 18.3 Å². The summed E-state index contributed by atoms with van der Waals surface area (Å²) < 4.78 is 24.3. The Morgan fingerprint density at radius 1 is 1.20 bits per heavy atom. The molecule has 4 nitrogen and oxygen atoms in total. The average Bonchev–Trinajstić information content (AvgIpc) is 3.04. The van der Waals surface area contributed by atoms with Crippen LogP contribution in [-0.4, -0.2) is 24.5 Å². The maximum absolute atomic E-state index is 13.1. The Morgan fingerprint density at radius 2 is 2.00 bits per heavy atom. The minimum atomic E-state index is -0.362. The lowest BCUT2D eigenvalue weighted by Crippen LogP contribution is -2.30. The van der Waals surface area contributed by atoms with Crippen LogP contribution >= 0.6 is 0 Å². The Kier molecular flexibility index (Phi) is 5.03. The van der Waals surface area contributed by atoms with Crippen molar-refractivity contribution in [1.29, 1.82) is 0 Å². The van der Waals surface area contributed by atoms with Crippen LogP contribution in [0, 0.1) is 5.82 Å². The van der Waals surface area contributed by atoms with E-state index in [2.05, 4.69) is 0 Å². The zero-order valence-electron chi connectivity index (χ0n) is 14.2. The van der Waals surface area contributed by atoms with Gasteiger partial charge in [0.2, 0.25) is 5.91 Å². The summed E-state index contributed by atoms with van der Waals surface area (Å²) >= 11 is 0. The molecule has 0 saturated carbocycles. The number of fused-ring (bicyclic) bond motifs is 1. The molecule has 0 saturated heterocycles. The molecule has 0 fully saturated rings. The maximum Gasteiger partial charge on any atom is 0.226 e. The van der Waals surface area contributed by atoms with Crippen LogP contribution < -0.4 is 4.74 Å². The highest BCUT2D eigenvalue weighted by Crippen LogP contribution is 2.27. The van der Waals surface area contributed by atoms with Crippen LogP contribution in [0.4, 0.5) is 4.39 Å². The summed E-state index contributed by atoms with van der Waals surface area (Å²) in [6.07, 6.45) is 0.206. The number of amides is 1. The van der Waals surface area contributed by atoms with Gasteiger partial charge in [-0.2, -0.15) is 0 Å². The number of hydrogen-bond donors (Lipinski definition) is 0. The van der Waals surface area contributed by atoms with Gasteiger partial charge in [0.05, 0.1) is 19.1 Å². The molecule has 1 atom stereocenters. The molecule has 2 aromatic carbocycles. The highest BCUT2D eigenvalue weighted by molar-refractivity contribution is 5.79. The summed E-state index contributed by atoms with van der Waals surface area (Å²) in [5.74, 6) is 0.729. The summed E-state index contributed by atoms with van der Waals surface area (Å²) in [5, 5.41) is 1.01. The molecule has 0 N–H and O–H groups in total. The zero-order valence-corrected chi connectivity index (χ0v) is 14.2. The van der Waals surface area contributed by atoms with Gasteiger partial charge in [-0.05, 0) is 31.2 Å². The number of benzene rings is 2. The van der Waals surface area contributed by atoms with E-state index in [4.69, 9.17) is 9.15 Å². The van der Waals surface area contributed by atoms with Crippen molar-refractivity contribution in [3.63, 3.8) is 0 Å². The van der Waals surface area contributed by atoms with Gasteiger partial charge in [-0.25, -0.2) is 4.39 Å². The first kappa shape index (κ1) is 17.0. The Labute approximate surface area is 145 Å². The predicted octanol–water partition coefficient (Wildman–Crippen LogP) is 4.56. The average molecular weight is 341 g/mol. The van der Waals surface area contributed by atoms with E-state index < -0.39 is 0 Å². The van der Waals surface area contributed by atoms with Gasteiger partial charge >= 0.3 is 0 Å². The number of furan rings is 1. The molecule has 1 heterocycles. The molecule has 0 spiro atoms. The number of carbonyl (C=O) groups is 1. The van der Waals surface area contributed by atoms with Gasteiger partial charge in [-0.15, -0.1) is 0 Å². The number of nitrogens with zero attached hydrogens (tertiary/aromatic N) is 1. The normalized spacial score (nSPS) is 12.1. The molecule has 0 radical (unpaired) electrons. The van der Waals surface area contributed by atoms with Crippen LogP contribution in [0.5, 0.6) is 5.75 Å². The Morgan fingerprint density at radius 3 is 2.76 bits per heavy atom. The van der Waals surface area contributed by atoms with E-state index in [0.717, 1.165) is 16.7 Å². The highest BCUT2D eigenvalue weighted by atomic mass is 19.1. The van der Waals surface area contributed by atoms with Crippen LogP contribution in [-0.2, 0) is 4.79 Å². The number of ether oxygens (including phenoxy) is 1. The maximum atomic E-state index is 13.1. The number of para-hydroxylation sites is 1. The van der Waals surface area contributed by atoms with E-state index in [1.54, 1.807) is 24.1 Å². The van der Waals surface area contributed by atoms with E-state index >= 15 is 0 Å². The summed E-state index contributed by atoms with van der Waals surface area (Å²) in [6.45, 7) is 2.11. The molecule has 25 heavy (non-hydrogen) atoms. The molecular formula is C20H20FNO3. The minimum absolute atomic E-state index is 0.0654. The zero-order chi connectivity index (χ0) is 17.8. The fourth-order valence-corrected chi connectivity index (χ4v) is 2.60. The minimum Gasteiger partial charge on any atom is -0.493 e. The summed E-state index contributed by atoms with van der Waals surface area (Å²) in [5.41, 5.74) is 0.805. The topological polar surface area (TPSA) is 42.7 Å². The lowest BCUT2D eigenvalue weighted by atomic mass is 10.2. The second-order valence-electron chi connectivity index (χ2n) is 5.92. The molecule has 1 aromatic heterocycles. The molecule has 0 aliphatic carbocycles. The van der Waals surface area contributed by atoms with E-state index in [9.17, 15) is 9.18 Å². The molecule has 3 aromatic rings. The van der Waals surface area contributed by atoms with Crippen molar-refractivity contribution in [3.05, 3.63) is 66.2 Å². The van der Waals surface area contributed by atoms with Gasteiger partial charge in [0.15, 0.2) is 0 Å². The predicted molar refractivity (Wildman–Crippen MR) is 93.9 cm³/mol. The second kappa shape index (κ2) is 7.38. The van der Waals surface area contributed by atoms with Crippen LogP contribution in [0.2, 0.25) is 0 Å². The Bertz CT molecular complexity index is 841. The fourth-order valence-electron chi connectivity index (χ4n) is 2.60. The van der Waals surface area contributed by atoms with Crippen LogP contribution in [0.25, 0.3) is 11.0 Å². The molecule has 1 amide bonds. The first-order valence-corrected chi connectivity index (χ1v) is 8.17. The molecule has 130 valence electrons. The van der Waals surface area contributed by atoms with E-state index in [0.29, 0.717) is 5.75 Å². The standard InChI is InChI=1S/C20H20FNO3/c1-14(19-12-15-6-3-4-9-18(15)25-19)22(2)20(23)10-11-24-17-8-5-7-16(21)13-17/h3-9,12-14H,10-11H2,1-2H3/t14-/m0/s1. The van der Waals surface area contributed by atoms with Crippen molar-refractivity contribution >= 4 is 16.9 Å². The van der Waals surface area contributed by atoms with Crippen LogP contribution in [0.3, 0.4) is 0 Å². The van der Waals surface area contributed by atoms with Crippen LogP contribution in [0.1, 0.15) is 25.1 Å². The first-order chi connectivity index (χ1) is 12.0. The summed E-state index contributed by atoms with van der Waals surface area (Å²) in [4.78, 5) is 14.0. The quantitative estimate of drug-likeness (QED) is 0.660. The molecule has 0 aliphatic heterocycles. The molecule has 0 bridgehead atoms. The Balaban J connectivity index is 1.57. The van der Waals surface area contributed by atoms with Crippen molar-refractivity contribution in [2.75, 3.05) is 13.7 Å². The Hall–Kier alpha value is -2.82. The van der Waals surface area contributed by atoms with Gasteiger partial charge in [0.1, 0.15) is 22.9 Å². The van der Waals surface area contributed by atoms with Crippen LogP contribution in [0.15, 0.2) is 59.0 Å². The van der Waals surface area contributed by atoms with Crippen molar-refractivity contribution in [3.8, 4) is 5.75 Å². The van der Waals surface area contributed by atoms with E-state index in [1.807, 2.05) is 37.3 Å². The van der Waals surface area contributed by atoms with E-state index in [1.165, 1.54) is 12.1 Å². The second-order valence-corrected chi connectivity index (χ2v) is 5.92. The first-order valence-electron chi connectivity index (χ1n) is 8.17. The third-order valence-corrected chi connectivity index (χ3v) is 4.21. The molecule has 3 rings (SSSR count). The third kappa shape index (κ3) is 3.99. The number of carbonyl (C=O) groups excluding carboxylic acids is 1. The van der Waals surface area contributed by atoms with Gasteiger partial charge in [-0.3, -0.25) is 4.79 Å². The van der Waals surface area contributed by atoms with Gasteiger partial charge in [-0.1, -0.05) is 24.3 Å². The van der Waals surface area contributed by atoms with E-state index in [-0.39, 0.29) is 30.8 Å². The number of hydrogen-bond acceptors (Lipinski definition) is 3. The SMILES string of the molecule is C[C@@H](c1cc2ccccc2o1)N(C)C(=O)CCOc1cccc(F)c1. The van der Waals surface area contributed by atoms with Gasteiger partial charge in [0.25, 0.3) is 0 Å². The smallest absolute Gasteiger partial charge is 0.226 e. The molecule has 0 aliphatic rings. The molecule has 5 heteroatoms. The van der Waals surface area contributed by atoms with Crippen molar-refractivity contribution in [1.82, 2.24) is 4.90 Å². The lowest BCUT2D eigenvalue weighted by molar-refractivity contribution is -0.132. The third-order valence-electron chi connectivity index (χ3n) is 4.21. The highest BCUT2D eigenvalue weighted by Gasteiger charge is 2.20. The summed E-state index contributed by atoms with van der Waals surface area (Å²) in [7, 11) is 1.74. The molecule has 0 unspecified atom stereocenters. The largest absolute Gasteiger partial charge is 0.493 e. The fraction of sp³-hybridized carbons (Fsp3) is 0.250. The summed E-state index contributed by atoms with van der Waals surface area (Å²) in [6, 6.07) is 15.4. The van der Waals surface area contributed by atoms with Gasteiger partial charge < -0.3 is 14.1 Å². The molecular weight excluding hydrogens is 321 g/mol. The lowest BCUT2D eigenvalue weighted by Gasteiger charge is -2.23.